The second-order valence-corrected chi connectivity index (χ2v) is 24.2. The second kappa shape index (κ2) is 25.0. The lowest BCUT2D eigenvalue weighted by Gasteiger charge is -2.29. The van der Waals surface area contributed by atoms with Crippen molar-refractivity contribution in [2.45, 2.75) is 0 Å². The maximum Gasteiger partial charge on any atom is 0.0547 e. The third-order valence-corrected chi connectivity index (χ3v) is 18.5. The van der Waals surface area contributed by atoms with E-state index in [-0.39, 0.29) is 0 Å². The quantitative estimate of drug-likeness (QED) is 0.0962. The summed E-state index contributed by atoms with van der Waals surface area (Å²) in [5, 5.41) is 4.97. The maximum atomic E-state index is 2.39. The predicted octanol–water partition coefficient (Wildman–Crippen LogP) is 25.1. The van der Waals surface area contributed by atoms with E-state index in [0.29, 0.717) is 0 Å². The molecule has 0 bridgehead atoms. The highest BCUT2D eigenvalue weighted by Gasteiger charge is 2.21. The molecule has 0 saturated heterocycles. The number of hydrogen-bond acceptors (Lipinski definition) is 4. The molecule has 0 amide bonds. The van der Waals surface area contributed by atoms with E-state index in [4.69, 9.17) is 0 Å². The van der Waals surface area contributed by atoms with Crippen molar-refractivity contribution >= 4 is 112 Å². The number of aromatic nitrogens is 2. The van der Waals surface area contributed by atoms with Crippen LogP contribution in [0.2, 0.25) is 0 Å². The minimum atomic E-state index is 1.04. The van der Waals surface area contributed by atoms with Gasteiger partial charge in [0, 0.05) is 101 Å². The number of benzene rings is 15. The monoisotopic (exact) mass is 1230 g/mol. The number of rotatable bonds is 16. The van der Waals surface area contributed by atoms with Crippen molar-refractivity contribution in [2.24, 2.45) is 0 Å². The van der Waals surface area contributed by atoms with Crippen LogP contribution < -0.4 is 19.6 Å². The summed E-state index contributed by atoms with van der Waals surface area (Å²) in [5.41, 5.74) is 24.3. The SMILES string of the molecule is c1ccc(N(c2ccccc2)c2ccc(N(c3ccc(-c4ccc(N(c5ccc(-c6ccc7c8ccccc8n(-c8ccccc8)c7c6)cc5)c5ccc(-n6c7ccccc7c7ccccc76)cc5)cc4)cc3)c3ccc(N(c4ccccc4)c4ccccc4)cc3)cc2)cc1. The first-order valence-electron chi connectivity index (χ1n) is 32.7. The highest BCUT2D eigenvalue weighted by atomic mass is 15.2. The zero-order chi connectivity index (χ0) is 63.7. The van der Waals surface area contributed by atoms with Crippen LogP contribution in [0.25, 0.3) is 77.2 Å². The molecule has 0 aliphatic rings. The van der Waals surface area contributed by atoms with Gasteiger partial charge in [-0.05, 0) is 216 Å². The number of para-hydroxylation sites is 8. The minimum absolute atomic E-state index is 1.04. The Kier molecular flexibility index (Phi) is 14.8. The van der Waals surface area contributed by atoms with Gasteiger partial charge in [-0.2, -0.15) is 0 Å². The minimum Gasteiger partial charge on any atom is -0.311 e. The molecule has 0 spiro atoms. The molecule has 17 rings (SSSR count). The van der Waals surface area contributed by atoms with Gasteiger partial charge < -0.3 is 28.7 Å². The Morgan fingerprint density at radius 2 is 0.354 bits per heavy atom. The third-order valence-electron chi connectivity index (χ3n) is 18.5. The number of hydrogen-bond donors (Lipinski definition) is 0. The molecule has 0 radical (unpaired) electrons. The van der Waals surface area contributed by atoms with Crippen molar-refractivity contribution in [3.63, 3.8) is 0 Å². The van der Waals surface area contributed by atoms with Crippen LogP contribution in [-0.4, -0.2) is 9.13 Å². The largest absolute Gasteiger partial charge is 0.311 e. The Labute approximate surface area is 559 Å². The molecule has 0 unspecified atom stereocenters. The average Bonchev–Trinajstić information content (AvgIpc) is 1.60. The van der Waals surface area contributed by atoms with Crippen molar-refractivity contribution in [3.05, 3.63) is 388 Å². The smallest absolute Gasteiger partial charge is 0.0547 e. The molecule has 17 aromatic rings. The molecule has 96 heavy (non-hydrogen) atoms. The van der Waals surface area contributed by atoms with Crippen molar-refractivity contribution < 1.29 is 0 Å². The molecule has 0 N–H and O–H groups in total. The van der Waals surface area contributed by atoms with Crippen LogP contribution in [0, 0.1) is 0 Å². The van der Waals surface area contributed by atoms with E-state index in [1.165, 1.54) is 43.6 Å². The summed E-state index contributed by atoms with van der Waals surface area (Å²) in [5.74, 6) is 0. The van der Waals surface area contributed by atoms with Gasteiger partial charge >= 0.3 is 0 Å². The fourth-order valence-electron chi connectivity index (χ4n) is 14.0. The van der Waals surface area contributed by atoms with E-state index in [1.807, 2.05) is 0 Å². The topological polar surface area (TPSA) is 22.8 Å². The Balaban J connectivity index is 0.723. The highest BCUT2D eigenvalue weighted by molar-refractivity contribution is 6.11. The molecule has 6 nitrogen and oxygen atoms in total. The lowest BCUT2D eigenvalue weighted by Crippen LogP contribution is -2.13. The lowest BCUT2D eigenvalue weighted by atomic mass is 10.0. The maximum absolute atomic E-state index is 2.39. The van der Waals surface area contributed by atoms with Gasteiger partial charge in [-0.1, -0.05) is 194 Å². The van der Waals surface area contributed by atoms with Gasteiger partial charge in [-0.25, -0.2) is 0 Å². The van der Waals surface area contributed by atoms with Gasteiger partial charge in [0.15, 0.2) is 0 Å². The number of anilines is 12. The van der Waals surface area contributed by atoms with E-state index >= 15 is 0 Å². The van der Waals surface area contributed by atoms with Crippen LogP contribution in [0.15, 0.2) is 388 Å². The summed E-state index contributed by atoms with van der Waals surface area (Å²) < 4.78 is 4.77. The van der Waals surface area contributed by atoms with Gasteiger partial charge in [0.1, 0.15) is 0 Å². The van der Waals surface area contributed by atoms with Gasteiger partial charge in [0.05, 0.1) is 22.1 Å². The first kappa shape index (κ1) is 57.0. The Hall–Kier alpha value is -12.9. The molecule has 0 fully saturated rings. The summed E-state index contributed by atoms with van der Waals surface area (Å²) in [4.78, 5) is 9.33. The van der Waals surface area contributed by atoms with Crippen molar-refractivity contribution in [2.75, 3.05) is 19.6 Å². The fourth-order valence-corrected chi connectivity index (χ4v) is 14.0. The number of fused-ring (bicyclic) bond motifs is 6. The summed E-state index contributed by atoms with van der Waals surface area (Å²) >= 11 is 0. The van der Waals surface area contributed by atoms with Crippen molar-refractivity contribution in [1.82, 2.24) is 9.13 Å². The van der Waals surface area contributed by atoms with Crippen LogP contribution in [-0.2, 0) is 0 Å². The van der Waals surface area contributed by atoms with Crippen molar-refractivity contribution in [1.29, 1.82) is 0 Å². The van der Waals surface area contributed by atoms with E-state index in [9.17, 15) is 0 Å². The first-order valence-corrected chi connectivity index (χ1v) is 32.7. The lowest BCUT2D eigenvalue weighted by molar-refractivity contribution is 1.17. The zero-order valence-corrected chi connectivity index (χ0v) is 52.6. The van der Waals surface area contributed by atoms with Crippen LogP contribution in [0.3, 0.4) is 0 Å². The van der Waals surface area contributed by atoms with Crippen LogP contribution >= 0.6 is 0 Å². The summed E-state index contributed by atoms with van der Waals surface area (Å²) in [7, 11) is 0. The molecular weight excluding hydrogens is 1170 g/mol. The Bertz CT molecular complexity index is 5270. The summed E-state index contributed by atoms with van der Waals surface area (Å²) in [6.07, 6.45) is 0. The van der Waals surface area contributed by atoms with E-state index in [2.05, 4.69) is 417 Å². The Morgan fingerprint density at radius 1 is 0.146 bits per heavy atom. The van der Waals surface area contributed by atoms with Gasteiger partial charge in [-0.3, -0.25) is 0 Å². The molecule has 15 aromatic carbocycles. The molecule has 0 aliphatic carbocycles. The third kappa shape index (κ3) is 10.6. The summed E-state index contributed by atoms with van der Waals surface area (Å²) in [6.45, 7) is 0. The van der Waals surface area contributed by atoms with Crippen LogP contribution in [0.4, 0.5) is 68.2 Å². The standard InChI is InChI=1S/C90H64N6/c1-6-22-69(23-7-1)91(70-24-8-2-9-25-70)77-51-55-79(56-52-77)94(80-57-53-78(54-58-80)92(71-26-10-3-11-27-71)72-28-12-4-13-29-72)75-47-40-66(41-48-75)65-38-45-74(46-39-65)93(81-59-61-82(62-60-81)95-87-35-19-16-32-83(87)84-33-17-20-36-88(84)95)76-49-42-67(43-50-76)68-44-63-86-85-34-18-21-37-89(85)96(90(86)64-68)73-30-14-5-15-31-73/h1-64H. The molecule has 6 heteroatoms. The molecule has 2 heterocycles. The van der Waals surface area contributed by atoms with Gasteiger partial charge in [0.2, 0.25) is 0 Å². The van der Waals surface area contributed by atoms with Crippen molar-refractivity contribution in [3.8, 4) is 33.6 Å². The normalized spacial score (nSPS) is 11.3. The second-order valence-electron chi connectivity index (χ2n) is 24.2. The highest BCUT2D eigenvalue weighted by Crippen LogP contribution is 2.44. The van der Waals surface area contributed by atoms with E-state index < -0.39 is 0 Å². The molecular formula is C90H64N6. The Morgan fingerprint density at radius 3 is 0.677 bits per heavy atom. The van der Waals surface area contributed by atoms with E-state index in [1.54, 1.807) is 0 Å². The first-order chi connectivity index (χ1) is 47.6. The van der Waals surface area contributed by atoms with Crippen LogP contribution in [0.5, 0.6) is 0 Å². The van der Waals surface area contributed by atoms with Gasteiger partial charge in [-0.15, -0.1) is 0 Å². The number of nitrogens with zero attached hydrogens (tertiary/aromatic N) is 6. The fraction of sp³-hybridized carbons (Fsp3) is 0. The summed E-state index contributed by atoms with van der Waals surface area (Å²) in [6, 6.07) is 140. The molecule has 2 aromatic heterocycles. The molecule has 0 aliphatic heterocycles. The molecule has 0 saturated carbocycles. The van der Waals surface area contributed by atoms with E-state index in [0.717, 1.165) is 102 Å². The molecule has 0 atom stereocenters. The predicted molar refractivity (Wildman–Crippen MR) is 405 cm³/mol. The van der Waals surface area contributed by atoms with Gasteiger partial charge in [0.25, 0.3) is 0 Å². The average molecular weight is 1230 g/mol. The zero-order valence-electron chi connectivity index (χ0n) is 52.6. The molecule has 454 valence electrons. The van der Waals surface area contributed by atoms with Crippen LogP contribution in [0.1, 0.15) is 0 Å².